The molecule has 1 aromatic carbocycles. The van der Waals surface area contributed by atoms with Gasteiger partial charge in [0.05, 0.1) is 12.6 Å². The molecule has 2 heterocycles. The average Bonchev–Trinajstić information content (AvgIpc) is 3.16. The molecule has 0 atom stereocenters. The van der Waals surface area contributed by atoms with Gasteiger partial charge in [-0.15, -0.1) is 0 Å². The van der Waals surface area contributed by atoms with Crippen molar-refractivity contribution >= 4 is 0 Å². The van der Waals surface area contributed by atoms with E-state index >= 15 is 0 Å². The maximum absolute atomic E-state index is 5.72. The van der Waals surface area contributed by atoms with Crippen molar-refractivity contribution in [3.05, 3.63) is 35.7 Å². The Morgan fingerprint density at radius 1 is 1.33 bits per heavy atom. The first-order valence-electron chi connectivity index (χ1n) is 8.90. The number of aromatic nitrogens is 2. The van der Waals surface area contributed by atoms with Crippen molar-refractivity contribution in [1.82, 2.24) is 15.0 Å². The van der Waals surface area contributed by atoms with Crippen molar-refractivity contribution in [3.8, 4) is 11.5 Å². The molecular weight excluding hydrogens is 302 g/mol. The van der Waals surface area contributed by atoms with Crippen LogP contribution in [0, 0.1) is 12.3 Å². The molecule has 1 aliphatic heterocycles. The van der Waals surface area contributed by atoms with Crippen LogP contribution in [0.15, 0.2) is 28.8 Å². The summed E-state index contributed by atoms with van der Waals surface area (Å²) in [5, 5.41) is 4.18. The van der Waals surface area contributed by atoms with E-state index in [9.17, 15) is 0 Å². The fraction of sp³-hybridized carbons (Fsp3) is 0.579. The highest BCUT2D eigenvalue weighted by Crippen LogP contribution is 2.49. The van der Waals surface area contributed by atoms with Gasteiger partial charge in [0.25, 0.3) is 5.89 Å². The quantitative estimate of drug-likeness (QED) is 0.842. The molecule has 0 unspecified atom stereocenters. The van der Waals surface area contributed by atoms with Gasteiger partial charge in [0.1, 0.15) is 0 Å². The van der Waals surface area contributed by atoms with Gasteiger partial charge in [-0.05, 0) is 56.7 Å². The van der Waals surface area contributed by atoms with Crippen LogP contribution in [-0.2, 0) is 11.3 Å². The summed E-state index contributed by atoms with van der Waals surface area (Å²) in [6.07, 6.45) is 4.16. The van der Waals surface area contributed by atoms with E-state index in [1.165, 1.54) is 19.3 Å². The number of rotatable bonds is 5. The minimum atomic E-state index is 0.475. The van der Waals surface area contributed by atoms with Crippen LogP contribution >= 0.6 is 0 Å². The molecule has 1 saturated carbocycles. The van der Waals surface area contributed by atoms with Gasteiger partial charge >= 0.3 is 0 Å². The molecule has 0 radical (unpaired) electrons. The summed E-state index contributed by atoms with van der Waals surface area (Å²) in [5.74, 6) is 1.41. The molecule has 4 rings (SSSR count). The first kappa shape index (κ1) is 15.8. The smallest absolute Gasteiger partial charge is 0.258 e. The molecule has 0 amide bonds. The lowest BCUT2D eigenvalue weighted by molar-refractivity contribution is -0.0719. The third-order valence-corrected chi connectivity index (χ3v) is 5.45. The molecule has 2 aromatic rings. The fourth-order valence-electron chi connectivity index (χ4n) is 4.20. The number of hydrogen-bond acceptors (Lipinski definition) is 5. The van der Waals surface area contributed by atoms with E-state index in [4.69, 9.17) is 9.26 Å². The first-order chi connectivity index (χ1) is 11.7. The van der Waals surface area contributed by atoms with E-state index in [2.05, 4.69) is 35.0 Å². The van der Waals surface area contributed by atoms with Gasteiger partial charge < -0.3 is 9.26 Å². The predicted octanol–water partition coefficient (Wildman–Crippen LogP) is 3.44. The van der Waals surface area contributed by atoms with Crippen molar-refractivity contribution in [1.29, 1.82) is 0 Å². The van der Waals surface area contributed by atoms with E-state index in [1.54, 1.807) is 0 Å². The molecule has 0 bridgehead atoms. The number of hydrogen-bond donors (Lipinski definition) is 0. The second-order valence-electron chi connectivity index (χ2n) is 7.28. The maximum Gasteiger partial charge on any atom is 0.258 e. The number of nitrogens with zero attached hydrogens (tertiary/aromatic N) is 3. The summed E-state index contributed by atoms with van der Waals surface area (Å²) in [4.78, 5) is 7.05. The summed E-state index contributed by atoms with van der Waals surface area (Å²) in [6, 6.07) is 8.12. The van der Waals surface area contributed by atoms with Gasteiger partial charge in [-0.2, -0.15) is 4.98 Å². The number of likely N-dealkylation sites (tertiary alicyclic amines) is 1. The zero-order valence-electron chi connectivity index (χ0n) is 14.5. The Labute approximate surface area is 143 Å². The molecule has 2 aliphatic rings. The monoisotopic (exact) mass is 327 g/mol. The lowest BCUT2D eigenvalue weighted by atomic mass is 9.66. The highest BCUT2D eigenvalue weighted by Gasteiger charge is 2.48. The number of ether oxygens (including phenoxy) is 1. The minimum absolute atomic E-state index is 0.475. The minimum Gasteiger partial charge on any atom is -0.378 e. The Morgan fingerprint density at radius 3 is 2.96 bits per heavy atom. The normalized spacial score (nSPS) is 26.8. The van der Waals surface area contributed by atoms with Crippen molar-refractivity contribution in [2.24, 2.45) is 5.41 Å². The van der Waals surface area contributed by atoms with E-state index < -0.39 is 0 Å². The van der Waals surface area contributed by atoms with Crippen LogP contribution in [0.2, 0.25) is 0 Å². The maximum atomic E-state index is 5.72. The van der Waals surface area contributed by atoms with E-state index in [1.807, 2.05) is 18.2 Å². The lowest BCUT2D eigenvalue weighted by Gasteiger charge is -2.44. The van der Waals surface area contributed by atoms with E-state index in [0.29, 0.717) is 17.4 Å². The van der Waals surface area contributed by atoms with Crippen molar-refractivity contribution in [2.75, 3.05) is 19.7 Å². The van der Waals surface area contributed by atoms with Gasteiger partial charge in [0, 0.05) is 18.7 Å². The van der Waals surface area contributed by atoms with Crippen molar-refractivity contribution in [2.45, 2.75) is 45.8 Å². The first-order valence-corrected chi connectivity index (χ1v) is 8.90. The number of benzene rings is 1. The third kappa shape index (κ3) is 2.98. The largest absolute Gasteiger partial charge is 0.378 e. The zero-order valence-corrected chi connectivity index (χ0v) is 14.5. The summed E-state index contributed by atoms with van der Waals surface area (Å²) in [6.45, 7) is 7.99. The molecule has 5 nitrogen and oxygen atoms in total. The fourth-order valence-corrected chi connectivity index (χ4v) is 4.20. The van der Waals surface area contributed by atoms with Gasteiger partial charge in [0.2, 0.25) is 0 Å². The van der Waals surface area contributed by atoms with Crippen LogP contribution in [0.25, 0.3) is 11.5 Å². The van der Waals surface area contributed by atoms with E-state index in [0.717, 1.165) is 43.2 Å². The molecule has 5 heteroatoms. The molecule has 1 saturated heterocycles. The molecule has 24 heavy (non-hydrogen) atoms. The molecule has 1 spiro atoms. The Hall–Kier alpha value is -1.72. The predicted molar refractivity (Wildman–Crippen MR) is 91.4 cm³/mol. The lowest BCUT2D eigenvalue weighted by Crippen LogP contribution is -2.44. The second-order valence-corrected chi connectivity index (χ2v) is 7.28. The molecule has 128 valence electrons. The Bertz CT molecular complexity index is 706. The van der Waals surface area contributed by atoms with Gasteiger partial charge in [-0.1, -0.05) is 23.4 Å². The summed E-state index contributed by atoms with van der Waals surface area (Å²) < 4.78 is 11.2. The topological polar surface area (TPSA) is 51.4 Å². The summed E-state index contributed by atoms with van der Waals surface area (Å²) >= 11 is 0. The average molecular weight is 327 g/mol. The highest BCUT2D eigenvalue weighted by atomic mass is 16.5. The zero-order chi connectivity index (χ0) is 16.6. The van der Waals surface area contributed by atoms with Crippen LogP contribution < -0.4 is 0 Å². The molecule has 0 N–H and O–H groups in total. The van der Waals surface area contributed by atoms with Crippen LogP contribution in [0.5, 0.6) is 0 Å². The molecule has 1 aromatic heterocycles. The Morgan fingerprint density at radius 2 is 2.17 bits per heavy atom. The van der Waals surface area contributed by atoms with Gasteiger partial charge in [0.15, 0.2) is 5.82 Å². The molecular formula is C19H25N3O2. The summed E-state index contributed by atoms with van der Waals surface area (Å²) in [5.41, 5.74) is 2.65. The third-order valence-electron chi connectivity index (χ3n) is 5.45. The van der Waals surface area contributed by atoms with Crippen LogP contribution in [-0.4, -0.2) is 40.8 Å². The second kappa shape index (κ2) is 6.30. The summed E-state index contributed by atoms with van der Waals surface area (Å²) in [7, 11) is 0. The Balaban J connectivity index is 1.37. The van der Waals surface area contributed by atoms with Crippen molar-refractivity contribution < 1.29 is 9.26 Å². The van der Waals surface area contributed by atoms with Gasteiger partial charge in [-0.3, -0.25) is 4.90 Å². The standard InChI is InChI=1S/C19H25N3O2/c1-3-23-15-10-19(11-15)8-9-22(13-19)12-17-20-18(24-21-17)16-7-5-4-6-14(16)2/h4-7,15H,3,8-13H2,1-2H3. The van der Waals surface area contributed by atoms with Crippen molar-refractivity contribution in [3.63, 3.8) is 0 Å². The highest BCUT2D eigenvalue weighted by molar-refractivity contribution is 5.57. The molecule has 2 fully saturated rings. The van der Waals surface area contributed by atoms with Gasteiger partial charge in [-0.25, -0.2) is 0 Å². The molecule has 1 aliphatic carbocycles. The number of aryl methyl sites for hydroxylation is 1. The van der Waals surface area contributed by atoms with Crippen LogP contribution in [0.3, 0.4) is 0 Å². The Kier molecular flexibility index (Phi) is 4.14. The SMILES string of the molecule is CCOC1CC2(CCN(Cc3noc(-c4ccccc4C)n3)C2)C1. The van der Waals surface area contributed by atoms with Crippen LogP contribution in [0.4, 0.5) is 0 Å². The van der Waals surface area contributed by atoms with Crippen LogP contribution in [0.1, 0.15) is 37.6 Å². The van der Waals surface area contributed by atoms with E-state index in [-0.39, 0.29) is 0 Å².